The molecule has 3 heterocycles. The lowest BCUT2D eigenvalue weighted by Gasteiger charge is -2.40. The van der Waals surface area contributed by atoms with E-state index < -0.39 is 0 Å². The number of benzene rings is 2. The van der Waals surface area contributed by atoms with Crippen molar-refractivity contribution in [2.75, 3.05) is 49.6 Å². The van der Waals surface area contributed by atoms with Crippen LogP contribution in [0.5, 0.6) is 5.75 Å². The highest BCUT2D eigenvalue weighted by atomic mass is 19.1. The van der Waals surface area contributed by atoms with Crippen LogP contribution in [0.25, 0.3) is 0 Å². The van der Waals surface area contributed by atoms with Gasteiger partial charge < -0.3 is 19.4 Å². The maximum Gasteiger partial charge on any atom is 0.246 e. The number of fused-ring (bicyclic) bond motifs is 3. The highest BCUT2D eigenvalue weighted by Gasteiger charge is 2.46. The minimum atomic E-state index is -0.244. The number of anilines is 2. The number of carbonyl (C=O) groups excluding carboxylic acids is 1. The van der Waals surface area contributed by atoms with Gasteiger partial charge >= 0.3 is 0 Å². The zero-order valence-electron chi connectivity index (χ0n) is 16.7. The van der Waals surface area contributed by atoms with E-state index in [4.69, 9.17) is 4.74 Å². The van der Waals surface area contributed by atoms with Crippen LogP contribution >= 0.6 is 0 Å². The summed E-state index contributed by atoms with van der Waals surface area (Å²) in [5.74, 6) is 1.10. The number of rotatable bonds is 5. The third kappa shape index (κ3) is 3.25. The van der Waals surface area contributed by atoms with Crippen molar-refractivity contribution >= 4 is 17.3 Å². The Kier molecular flexibility index (Phi) is 4.66. The average Bonchev–Trinajstić information content (AvgIpc) is 3.05. The highest BCUT2D eigenvalue weighted by Crippen LogP contribution is 2.50. The van der Waals surface area contributed by atoms with E-state index in [9.17, 15) is 9.18 Å². The SMILES string of the molecule is CN1C(=O)CN2c3c(cccc31)C1CN(CCCOc3ccc(F)cc3)CCC12. The molecule has 2 unspecified atom stereocenters. The first-order valence-electron chi connectivity index (χ1n) is 10.4. The standard InChI is InChI=1S/C23H26FN3O2/c1-25-21-5-2-4-18-19-14-26(11-3-13-29-17-8-6-16(24)7-9-17)12-10-20(19)27(23(18)21)15-22(25)28/h2,4-9,19-20H,3,10-15H2,1H3. The van der Waals surface area contributed by atoms with Gasteiger partial charge in [0.2, 0.25) is 5.91 Å². The van der Waals surface area contributed by atoms with Crippen LogP contribution < -0.4 is 14.5 Å². The molecule has 5 rings (SSSR count). The lowest BCUT2D eigenvalue weighted by Crippen LogP contribution is -2.51. The van der Waals surface area contributed by atoms with Crippen LogP contribution in [0.2, 0.25) is 0 Å². The van der Waals surface area contributed by atoms with E-state index >= 15 is 0 Å². The molecule has 2 aromatic carbocycles. The topological polar surface area (TPSA) is 36.0 Å². The number of likely N-dealkylation sites (N-methyl/N-ethyl adjacent to an activating group) is 1. The molecule has 6 heteroatoms. The number of halogens is 1. The lowest BCUT2D eigenvalue weighted by molar-refractivity contribution is -0.117. The van der Waals surface area contributed by atoms with Crippen molar-refractivity contribution in [1.82, 2.24) is 4.90 Å². The molecule has 0 N–H and O–H groups in total. The predicted octanol–water partition coefficient (Wildman–Crippen LogP) is 3.25. The second kappa shape index (κ2) is 7.34. The number of likely N-dealkylation sites (tertiary alicyclic amines) is 1. The van der Waals surface area contributed by atoms with Crippen molar-refractivity contribution in [3.63, 3.8) is 0 Å². The third-order valence-electron chi connectivity index (χ3n) is 6.54. The molecule has 1 fully saturated rings. The molecule has 152 valence electrons. The van der Waals surface area contributed by atoms with Gasteiger partial charge in [-0.1, -0.05) is 12.1 Å². The van der Waals surface area contributed by atoms with Crippen LogP contribution in [0.15, 0.2) is 42.5 Å². The van der Waals surface area contributed by atoms with E-state index in [1.807, 2.05) is 7.05 Å². The van der Waals surface area contributed by atoms with Gasteiger partial charge in [0.05, 0.1) is 24.5 Å². The molecule has 3 aliphatic rings. The lowest BCUT2D eigenvalue weighted by atomic mass is 9.89. The number of nitrogens with zero attached hydrogens (tertiary/aromatic N) is 3. The van der Waals surface area contributed by atoms with Gasteiger partial charge in [-0.25, -0.2) is 4.39 Å². The van der Waals surface area contributed by atoms with Crippen molar-refractivity contribution in [2.24, 2.45) is 0 Å². The van der Waals surface area contributed by atoms with Gasteiger partial charge in [0.15, 0.2) is 0 Å². The Hall–Kier alpha value is -2.60. The van der Waals surface area contributed by atoms with Gasteiger partial charge in [-0.2, -0.15) is 0 Å². The zero-order valence-corrected chi connectivity index (χ0v) is 16.7. The molecule has 1 amide bonds. The van der Waals surface area contributed by atoms with E-state index in [0.29, 0.717) is 30.9 Å². The van der Waals surface area contributed by atoms with E-state index in [1.54, 1.807) is 17.0 Å². The minimum absolute atomic E-state index is 0.177. The van der Waals surface area contributed by atoms with Gasteiger partial charge in [0.1, 0.15) is 11.6 Å². The number of para-hydroxylation sites is 1. The molecule has 0 aromatic heterocycles. The molecular weight excluding hydrogens is 369 g/mol. The normalized spacial score (nSPS) is 23.2. The average molecular weight is 395 g/mol. The van der Waals surface area contributed by atoms with Crippen molar-refractivity contribution in [1.29, 1.82) is 0 Å². The molecule has 0 aliphatic carbocycles. The molecular formula is C23H26FN3O2. The van der Waals surface area contributed by atoms with Crippen LogP contribution in [0.4, 0.5) is 15.8 Å². The Morgan fingerprint density at radius 1 is 1.17 bits per heavy atom. The molecule has 5 nitrogen and oxygen atoms in total. The van der Waals surface area contributed by atoms with E-state index in [2.05, 4.69) is 28.0 Å². The molecule has 0 radical (unpaired) electrons. The van der Waals surface area contributed by atoms with Gasteiger partial charge in [-0.05, 0) is 48.7 Å². The van der Waals surface area contributed by atoms with Gasteiger partial charge in [-0.15, -0.1) is 0 Å². The predicted molar refractivity (Wildman–Crippen MR) is 111 cm³/mol. The van der Waals surface area contributed by atoms with Gasteiger partial charge in [-0.3, -0.25) is 4.79 Å². The second-order valence-electron chi connectivity index (χ2n) is 8.21. The fourth-order valence-electron chi connectivity index (χ4n) is 5.08. The summed E-state index contributed by atoms with van der Waals surface area (Å²) in [7, 11) is 1.88. The summed E-state index contributed by atoms with van der Waals surface area (Å²) in [5, 5.41) is 0. The van der Waals surface area contributed by atoms with E-state index in [1.165, 1.54) is 23.4 Å². The largest absolute Gasteiger partial charge is 0.494 e. The van der Waals surface area contributed by atoms with Crippen LogP contribution in [-0.2, 0) is 4.79 Å². The Morgan fingerprint density at radius 2 is 2.00 bits per heavy atom. The van der Waals surface area contributed by atoms with E-state index in [-0.39, 0.29) is 11.7 Å². The molecule has 29 heavy (non-hydrogen) atoms. The zero-order chi connectivity index (χ0) is 20.0. The number of carbonyl (C=O) groups is 1. The van der Waals surface area contributed by atoms with Crippen molar-refractivity contribution in [3.05, 3.63) is 53.8 Å². The van der Waals surface area contributed by atoms with E-state index in [0.717, 1.165) is 38.2 Å². The number of ether oxygens (including phenoxy) is 1. The van der Waals surface area contributed by atoms with Crippen molar-refractivity contribution < 1.29 is 13.9 Å². The molecule has 2 aromatic rings. The summed E-state index contributed by atoms with van der Waals surface area (Å²) in [4.78, 5) is 19.1. The first-order valence-corrected chi connectivity index (χ1v) is 10.4. The summed E-state index contributed by atoms with van der Waals surface area (Å²) in [5.41, 5.74) is 3.71. The smallest absolute Gasteiger partial charge is 0.246 e. The Bertz CT molecular complexity index is 917. The third-order valence-corrected chi connectivity index (χ3v) is 6.54. The fraction of sp³-hybridized carbons (Fsp3) is 0.435. The molecule has 0 spiro atoms. The maximum absolute atomic E-state index is 13.0. The summed E-state index contributed by atoms with van der Waals surface area (Å²) in [6.07, 6.45) is 2.02. The van der Waals surface area contributed by atoms with Crippen LogP contribution in [0.3, 0.4) is 0 Å². The Balaban J connectivity index is 1.22. The molecule has 0 saturated carbocycles. The molecule has 3 aliphatic heterocycles. The Morgan fingerprint density at radius 3 is 2.83 bits per heavy atom. The minimum Gasteiger partial charge on any atom is -0.494 e. The van der Waals surface area contributed by atoms with Crippen LogP contribution in [0, 0.1) is 5.82 Å². The fourth-order valence-corrected chi connectivity index (χ4v) is 5.08. The summed E-state index contributed by atoms with van der Waals surface area (Å²) in [6.45, 7) is 4.17. The van der Waals surface area contributed by atoms with Crippen molar-refractivity contribution in [2.45, 2.75) is 24.8 Å². The second-order valence-corrected chi connectivity index (χ2v) is 8.21. The van der Waals surface area contributed by atoms with Gasteiger partial charge in [0, 0.05) is 38.6 Å². The molecule has 0 bridgehead atoms. The summed E-state index contributed by atoms with van der Waals surface area (Å²) < 4.78 is 18.7. The summed E-state index contributed by atoms with van der Waals surface area (Å²) >= 11 is 0. The molecule has 2 atom stereocenters. The number of amides is 1. The highest BCUT2D eigenvalue weighted by molar-refractivity contribution is 6.04. The molecule has 1 saturated heterocycles. The summed E-state index contributed by atoms with van der Waals surface area (Å²) in [6, 6.07) is 13.0. The quantitative estimate of drug-likeness (QED) is 0.729. The Labute approximate surface area is 170 Å². The number of hydrogen-bond acceptors (Lipinski definition) is 4. The monoisotopic (exact) mass is 395 g/mol. The number of piperidine rings is 1. The van der Waals surface area contributed by atoms with Gasteiger partial charge in [0.25, 0.3) is 0 Å². The van der Waals surface area contributed by atoms with Crippen LogP contribution in [0.1, 0.15) is 24.3 Å². The first-order chi connectivity index (χ1) is 14.1. The number of hydrogen-bond donors (Lipinski definition) is 0. The van der Waals surface area contributed by atoms with Crippen molar-refractivity contribution in [3.8, 4) is 5.75 Å². The maximum atomic E-state index is 13.0. The first kappa shape index (κ1) is 18.4. The van der Waals surface area contributed by atoms with Crippen LogP contribution in [-0.4, -0.2) is 56.7 Å².